The van der Waals surface area contributed by atoms with E-state index >= 15 is 0 Å². The number of rotatable bonds is 8. The standard InChI is InChI=1S/C27H51N3O3/c1-24(2,3)22(32)19(29-26(7,8)9)14-13-15-21(31)28-18-16-20(23(33)25(4,5)6)30(17-18)27(10,11)12/h18-20,29H,13-17H2,1-12H3,(H,28,31). The van der Waals surface area contributed by atoms with Crippen molar-refractivity contribution in [1.29, 1.82) is 0 Å². The maximum Gasteiger partial charge on any atom is 0.220 e. The first kappa shape index (κ1) is 29.8. The summed E-state index contributed by atoms with van der Waals surface area (Å²) >= 11 is 0. The summed E-state index contributed by atoms with van der Waals surface area (Å²) in [6, 6.07) is -0.484. The lowest BCUT2D eigenvalue weighted by Gasteiger charge is -2.38. The van der Waals surface area contributed by atoms with E-state index in [4.69, 9.17) is 0 Å². The van der Waals surface area contributed by atoms with Crippen LogP contribution in [0.2, 0.25) is 0 Å². The Bertz CT molecular complexity index is 702. The lowest BCUT2D eigenvalue weighted by atomic mass is 9.84. The minimum absolute atomic E-state index is 0.00423. The number of Topliss-reactive ketones (excluding diaryl/α,β-unsaturated/α-hetero) is 2. The van der Waals surface area contributed by atoms with Crippen molar-refractivity contribution in [2.45, 2.75) is 138 Å². The van der Waals surface area contributed by atoms with Gasteiger partial charge in [-0.3, -0.25) is 19.3 Å². The minimum Gasteiger partial charge on any atom is -0.352 e. The van der Waals surface area contributed by atoms with Crippen molar-refractivity contribution in [3.05, 3.63) is 0 Å². The van der Waals surface area contributed by atoms with Crippen LogP contribution in [-0.2, 0) is 14.4 Å². The Hall–Kier alpha value is -1.27. The SMILES string of the molecule is CC(C)(C)NC(CCCC(=O)NC1CC(C(=O)C(C)(C)C)N(C(C)(C)C)C1)C(=O)C(C)(C)C. The first-order valence-electron chi connectivity index (χ1n) is 12.6. The molecule has 0 radical (unpaired) electrons. The molecule has 0 aromatic heterocycles. The van der Waals surface area contributed by atoms with Gasteiger partial charge in [-0.15, -0.1) is 0 Å². The summed E-state index contributed by atoms with van der Waals surface area (Å²) in [6.07, 6.45) is 2.30. The highest BCUT2D eigenvalue weighted by molar-refractivity contribution is 5.89. The fourth-order valence-corrected chi connectivity index (χ4v) is 4.51. The normalized spacial score (nSPS) is 21.7. The third kappa shape index (κ3) is 9.48. The lowest BCUT2D eigenvalue weighted by molar-refractivity contribution is -0.132. The van der Waals surface area contributed by atoms with E-state index in [2.05, 4.69) is 57.1 Å². The zero-order chi connectivity index (χ0) is 26.0. The molecule has 0 bridgehead atoms. The molecular formula is C27H51N3O3. The first-order chi connectivity index (χ1) is 14.6. The van der Waals surface area contributed by atoms with E-state index in [-0.39, 0.29) is 46.7 Å². The Morgan fingerprint density at radius 3 is 1.85 bits per heavy atom. The van der Waals surface area contributed by atoms with E-state index in [1.807, 2.05) is 41.5 Å². The predicted molar refractivity (Wildman–Crippen MR) is 136 cm³/mol. The molecule has 0 spiro atoms. The van der Waals surface area contributed by atoms with Gasteiger partial charge in [-0.05, 0) is 60.8 Å². The highest BCUT2D eigenvalue weighted by Crippen LogP contribution is 2.32. The van der Waals surface area contributed by atoms with Gasteiger partial charge >= 0.3 is 0 Å². The van der Waals surface area contributed by atoms with Gasteiger partial charge in [0.05, 0.1) is 12.1 Å². The molecule has 1 fully saturated rings. The van der Waals surface area contributed by atoms with Gasteiger partial charge in [0.15, 0.2) is 11.6 Å². The molecule has 0 saturated carbocycles. The number of amides is 1. The van der Waals surface area contributed by atoms with E-state index in [0.717, 1.165) is 0 Å². The van der Waals surface area contributed by atoms with Gasteiger partial charge < -0.3 is 10.6 Å². The van der Waals surface area contributed by atoms with Crippen molar-refractivity contribution < 1.29 is 14.4 Å². The second-order valence-corrected chi connectivity index (χ2v) is 13.9. The van der Waals surface area contributed by atoms with Crippen molar-refractivity contribution in [2.75, 3.05) is 6.54 Å². The summed E-state index contributed by atoms with van der Waals surface area (Å²) < 4.78 is 0. The monoisotopic (exact) mass is 465 g/mol. The van der Waals surface area contributed by atoms with Gasteiger partial charge in [0.1, 0.15) is 0 Å². The average Bonchev–Trinajstić information content (AvgIpc) is 3.00. The molecule has 3 atom stereocenters. The number of hydrogen-bond acceptors (Lipinski definition) is 5. The number of likely N-dealkylation sites (tertiary alicyclic amines) is 1. The van der Waals surface area contributed by atoms with Crippen LogP contribution in [0.5, 0.6) is 0 Å². The third-order valence-electron chi connectivity index (χ3n) is 6.13. The third-order valence-corrected chi connectivity index (χ3v) is 6.13. The molecule has 1 saturated heterocycles. The zero-order valence-electron chi connectivity index (χ0n) is 23.4. The van der Waals surface area contributed by atoms with E-state index in [0.29, 0.717) is 32.2 Å². The minimum atomic E-state index is -0.431. The quantitative estimate of drug-likeness (QED) is 0.552. The Balaban J connectivity index is 2.74. The summed E-state index contributed by atoms with van der Waals surface area (Å²) in [5.41, 5.74) is -1.17. The molecule has 1 aliphatic rings. The van der Waals surface area contributed by atoms with Crippen molar-refractivity contribution >= 4 is 17.5 Å². The number of carbonyl (C=O) groups excluding carboxylic acids is 3. The highest BCUT2D eigenvalue weighted by Gasteiger charge is 2.45. The largest absolute Gasteiger partial charge is 0.352 e. The van der Waals surface area contributed by atoms with Gasteiger partial charge in [0, 0.05) is 40.9 Å². The second kappa shape index (κ2) is 10.6. The van der Waals surface area contributed by atoms with Gasteiger partial charge in [0.2, 0.25) is 5.91 Å². The maximum absolute atomic E-state index is 13.1. The molecular weight excluding hydrogens is 414 g/mol. The molecule has 1 aliphatic heterocycles. The van der Waals surface area contributed by atoms with Crippen molar-refractivity contribution in [3.63, 3.8) is 0 Å². The average molecular weight is 466 g/mol. The van der Waals surface area contributed by atoms with Gasteiger partial charge in [-0.2, -0.15) is 0 Å². The smallest absolute Gasteiger partial charge is 0.220 e. The lowest BCUT2D eigenvalue weighted by Crippen LogP contribution is -2.51. The summed E-state index contributed by atoms with van der Waals surface area (Å²) in [6.45, 7) is 24.9. The van der Waals surface area contributed by atoms with Crippen LogP contribution >= 0.6 is 0 Å². The molecule has 6 nitrogen and oxygen atoms in total. The highest BCUT2D eigenvalue weighted by atomic mass is 16.2. The number of nitrogens with zero attached hydrogens (tertiary/aromatic N) is 1. The Labute approximate surface area is 203 Å². The molecule has 33 heavy (non-hydrogen) atoms. The molecule has 1 rings (SSSR count). The maximum atomic E-state index is 13.1. The van der Waals surface area contributed by atoms with Crippen LogP contribution in [0.15, 0.2) is 0 Å². The molecule has 0 aliphatic carbocycles. The topological polar surface area (TPSA) is 78.5 Å². The number of ketones is 2. The second-order valence-electron chi connectivity index (χ2n) is 13.9. The molecule has 0 aromatic rings. The van der Waals surface area contributed by atoms with Crippen molar-refractivity contribution in [2.24, 2.45) is 10.8 Å². The predicted octanol–water partition coefficient (Wildman–Crippen LogP) is 4.50. The molecule has 0 aromatic carbocycles. The van der Waals surface area contributed by atoms with Crippen LogP contribution in [0.1, 0.15) is 109 Å². The van der Waals surface area contributed by atoms with Crippen LogP contribution in [0, 0.1) is 10.8 Å². The zero-order valence-corrected chi connectivity index (χ0v) is 23.4. The van der Waals surface area contributed by atoms with Gasteiger partial charge in [0.25, 0.3) is 0 Å². The van der Waals surface area contributed by atoms with Crippen molar-refractivity contribution in [3.8, 4) is 0 Å². The van der Waals surface area contributed by atoms with Crippen LogP contribution in [0.3, 0.4) is 0 Å². The van der Waals surface area contributed by atoms with Crippen LogP contribution in [0.25, 0.3) is 0 Å². The molecule has 192 valence electrons. The molecule has 1 heterocycles. The summed E-state index contributed by atoms with van der Waals surface area (Å²) in [5, 5.41) is 6.60. The van der Waals surface area contributed by atoms with Crippen LogP contribution in [-0.4, -0.2) is 58.1 Å². The van der Waals surface area contributed by atoms with E-state index in [1.54, 1.807) is 0 Å². The van der Waals surface area contributed by atoms with E-state index in [9.17, 15) is 14.4 Å². The molecule has 3 unspecified atom stereocenters. The van der Waals surface area contributed by atoms with Gasteiger partial charge in [-0.25, -0.2) is 0 Å². The first-order valence-corrected chi connectivity index (χ1v) is 12.6. The van der Waals surface area contributed by atoms with E-state index < -0.39 is 10.8 Å². The van der Waals surface area contributed by atoms with Crippen LogP contribution in [0.4, 0.5) is 0 Å². The van der Waals surface area contributed by atoms with Gasteiger partial charge in [-0.1, -0.05) is 41.5 Å². The van der Waals surface area contributed by atoms with Crippen molar-refractivity contribution in [1.82, 2.24) is 15.5 Å². The summed E-state index contributed by atoms with van der Waals surface area (Å²) in [7, 11) is 0. The molecule has 6 heteroatoms. The Morgan fingerprint density at radius 2 is 1.42 bits per heavy atom. The fraction of sp³-hybridized carbons (Fsp3) is 0.889. The fourth-order valence-electron chi connectivity index (χ4n) is 4.51. The molecule has 2 N–H and O–H groups in total. The Kier molecular flexibility index (Phi) is 9.52. The number of hydrogen-bond donors (Lipinski definition) is 2. The number of nitrogens with one attached hydrogen (secondary N) is 2. The van der Waals surface area contributed by atoms with E-state index in [1.165, 1.54) is 0 Å². The van der Waals surface area contributed by atoms with Crippen LogP contribution < -0.4 is 10.6 Å². The summed E-state index contributed by atoms with van der Waals surface area (Å²) in [5.74, 6) is 0.402. The Morgan fingerprint density at radius 1 is 0.879 bits per heavy atom. The number of carbonyl (C=O) groups is 3. The molecule has 1 amide bonds. The summed E-state index contributed by atoms with van der Waals surface area (Å²) in [4.78, 5) is 41.0.